The van der Waals surface area contributed by atoms with Gasteiger partial charge in [0.1, 0.15) is 12.2 Å². The Kier molecular flexibility index (Phi) is 5.58. The van der Waals surface area contributed by atoms with Crippen LogP contribution in [0.5, 0.6) is 0 Å². The summed E-state index contributed by atoms with van der Waals surface area (Å²) in [5.74, 6) is 0. The van der Waals surface area contributed by atoms with Crippen LogP contribution in [0.4, 0.5) is 0 Å². The van der Waals surface area contributed by atoms with Crippen LogP contribution in [0, 0.1) is 0 Å². The molecule has 0 spiro atoms. The monoisotopic (exact) mass is 262 g/mol. The standard InChI is InChI=1S/C16H22O3/c1-3-13(15-9-5-7-11-17-15)19-14(4-2)16-10-6-8-12-18-16/h3-8,13-16H,1-2,9-12H2/t13-,14-,15+,16+/m1/s1. The van der Waals surface area contributed by atoms with Gasteiger partial charge in [-0.15, -0.1) is 13.2 Å². The molecule has 0 bridgehead atoms. The van der Waals surface area contributed by atoms with Gasteiger partial charge in [0.2, 0.25) is 0 Å². The third kappa shape index (κ3) is 3.90. The summed E-state index contributed by atoms with van der Waals surface area (Å²) in [4.78, 5) is 0. The maximum absolute atomic E-state index is 6.07. The molecule has 0 aromatic heterocycles. The highest BCUT2D eigenvalue weighted by molar-refractivity contribution is 5.01. The fourth-order valence-electron chi connectivity index (χ4n) is 2.32. The first-order valence-electron chi connectivity index (χ1n) is 6.79. The summed E-state index contributed by atoms with van der Waals surface area (Å²) in [5.41, 5.74) is 0. The average molecular weight is 262 g/mol. The average Bonchev–Trinajstić information content (AvgIpc) is 2.50. The first-order valence-corrected chi connectivity index (χ1v) is 6.79. The predicted octanol–water partition coefficient (Wildman–Crippen LogP) is 2.80. The summed E-state index contributed by atoms with van der Waals surface area (Å²) < 4.78 is 17.5. The molecule has 3 heteroatoms. The van der Waals surface area contributed by atoms with E-state index in [0.717, 1.165) is 12.8 Å². The van der Waals surface area contributed by atoms with Crippen LogP contribution in [0.1, 0.15) is 12.8 Å². The molecule has 2 aliphatic rings. The lowest BCUT2D eigenvalue weighted by Gasteiger charge is -2.32. The highest BCUT2D eigenvalue weighted by Crippen LogP contribution is 2.21. The number of rotatable bonds is 6. The molecule has 0 amide bonds. The number of hydrogen-bond donors (Lipinski definition) is 0. The molecule has 104 valence electrons. The quantitative estimate of drug-likeness (QED) is 0.689. The lowest BCUT2D eigenvalue weighted by Crippen LogP contribution is -2.39. The largest absolute Gasteiger partial charge is 0.371 e. The molecular weight excluding hydrogens is 240 g/mol. The van der Waals surface area contributed by atoms with Crippen molar-refractivity contribution < 1.29 is 14.2 Å². The third-order valence-corrected chi connectivity index (χ3v) is 3.39. The molecule has 0 aromatic carbocycles. The van der Waals surface area contributed by atoms with E-state index in [0.29, 0.717) is 13.2 Å². The van der Waals surface area contributed by atoms with E-state index >= 15 is 0 Å². The van der Waals surface area contributed by atoms with Gasteiger partial charge >= 0.3 is 0 Å². The van der Waals surface area contributed by atoms with Crippen molar-refractivity contribution in [3.63, 3.8) is 0 Å². The second-order valence-electron chi connectivity index (χ2n) is 4.69. The van der Waals surface area contributed by atoms with Crippen LogP contribution in [0.25, 0.3) is 0 Å². The molecule has 0 aromatic rings. The van der Waals surface area contributed by atoms with Crippen LogP contribution in [-0.2, 0) is 14.2 Å². The van der Waals surface area contributed by atoms with Crippen LogP contribution in [0.15, 0.2) is 49.6 Å². The second kappa shape index (κ2) is 7.43. The molecule has 0 saturated carbocycles. The van der Waals surface area contributed by atoms with Crippen molar-refractivity contribution in [1.29, 1.82) is 0 Å². The van der Waals surface area contributed by atoms with Crippen molar-refractivity contribution in [2.24, 2.45) is 0 Å². The Morgan fingerprint density at radius 3 is 1.68 bits per heavy atom. The van der Waals surface area contributed by atoms with Crippen LogP contribution in [0.3, 0.4) is 0 Å². The molecule has 3 nitrogen and oxygen atoms in total. The zero-order valence-electron chi connectivity index (χ0n) is 11.2. The molecular formula is C16H22O3. The highest BCUT2D eigenvalue weighted by Gasteiger charge is 2.28. The maximum atomic E-state index is 6.07. The molecule has 0 fully saturated rings. The minimum absolute atomic E-state index is 0.0316. The van der Waals surface area contributed by atoms with Gasteiger partial charge in [0.05, 0.1) is 25.4 Å². The van der Waals surface area contributed by atoms with Gasteiger partial charge in [0.15, 0.2) is 0 Å². The number of ether oxygens (including phenoxy) is 3. The summed E-state index contributed by atoms with van der Waals surface area (Å²) in [5, 5.41) is 0. The molecule has 0 aliphatic carbocycles. The molecule has 2 rings (SSSR count). The van der Waals surface area contributed by atoms with Crippen molar-refractivity contribution in [2.45, 2.75) is 37.3 Å². The zero-order valence-corrected chi connectivity index (χ0v) is 11.2. The van der Waals surface area contributed by atoms with Crippen LogP contribution < -0.4 is 0 Å². The molecule has 2 heterocycles. The van der Waals surface area contributed by atoms with Crippen molar-refractivity contribution in [3.05, 3.63) is 49.6 Å². The zero-order chi connectivity index (χ0) is 13.5. The van der Waals surface area contributed by atoms with Crippen molar-refractivity contribution in [1.82, 2.24) is 0 Å². The van der Waals surface area contributed by atoms with E-state index in [-0.39, 0.29) is 24.4 Å². The van der Waals surface area contributed by atoms with E-state index in [9.17, 15) is 0 Å². The van der Waals surface area contributed by atoms with Crippen LogP contribution >= 0.6 is 0 Å². The topological polar surface area (TPSA) is 27.7 Å². The summed E-state index contributed by atoms with van der Waals surface area (Å²) in [6.07, 6.45) is 13.4. The van der Waals surface area contributed by atoms with Crippen LogP contribution in [-0.4, -0.2) is 37.6 Å². The molecule has 0 radical (unpaired) electrons. The van der Waals surface area contributed by atoms with E-state index in [1.165, 1.54) is 0 Å². The Morgan fingerprint density at radius 2 is 1.37 bits per heavy atom. The van der Waals surface area contributed by atoms with Gasteiger partial charge in [0, 0.05) is 0 Å². The molecule has 0 N–H and O–H groups in total. The molecule has 19 heavy (non-hydrogen) atoms. The van der Waals surface area contributed by atoms with Crippen molar-refractivity contribution >= 4 is 0 Å². The van der Waals surface area contributed by atoms with Gasteiger partial charge in [-0.1, -0.05) is 36.5 Å². The SMILES string of the molecule is C=C[C@@H](O[C@H](C=C)[C@@H]1CC=CCO1)[C@@H]1CC=CCO1. The first kappa shape index (κ1) is 14.3. The van der Waals surface area contributed by atoms with E-state index in [1.54, 1.807) is 12.2 Å². The minimum atomic E-state index is -0.137. The molecule has 0 saturated heterocycles. The molecule has 2 aliphatic heterocycles. The molecule has 4 atom stereocenters. The first-order chi connectivity index (χ1) is 9.35. The fourth-order valence-corrected chi connectivity index (χ4v) is 2.32. The summed E-state index contributed by atoms with van der Waals surface area (Å²) in [6.45, 7) is 8.98. The van der Waals surface area contributed by atoms with E-state index in [1.807, 2.05) is 12.2 Å². The summed E-state index contributed by atoms with van der Waals surface area (Å²) in [6, 6.07) is 0. The Hall–Kier alpha value is -1.16. The highest BCUT2D eigenvalue weighted by atomic mass is 16.6. The third-order valence-electron chi connectivity index (χ3n) is 3.39. The molecule has 0 unspecified atom stereocenters. The van der Waals surface area contributed by atoms with Crippen molar-refractivity contribution in [3.8, 4) is 0 Å². The van der Waals surface area contributed by atoms with Gasteiger partial charge < -0.3 is 14.2 Å². The van der Waals surface area contributed by atoms with E-state index in [4.69, 9.17) is 14.2 Å². The summed E-state index contributed by atoms with van der Waals surface area (Å²) >= 11 is 0. The number of hydrogen-bond acceptors (Lipinski definition) is 3. The van der Waals surface area contributed by atoms with E-state index < -0.39 is 0 Å². The lowest BCUT2D eigenvalue weighted by atomic mass is 10.1. The van der Waals surface area contributed by atoms with Gasteiger partial charge in [-0.2, -0.15) is 0 Å². The fraction of sp³-hybridized carbons (Fsp3) is 0.500. The van der Waals surface area contributed by atoms with Gasteiger partial charge in [-0.25, -0.2) is 0 Å². The van der Waals surface area contributed by atoms with Crippen molar-refractivity contribution in [2.75, 3.05) is 13.2 Å². The lowest BCUT2D eigenvalue weighted by molar-refractivity contribution is -0.107. The Balaban J connectivity index is 1.94. The minimum Gasteiger partial charge on any atom is -0.371 e. The maximum Gasteiger partial charge on any atom is 0.103 e. The Bertz CT molecular complexity index is 325. The van der Waals surface area contributed by atoms with Crippen LogP contribution in [0.2, 0.25) is 0 Å². The Morgan fingerprint density at radius 1 is 0.895 bits per heavy atom. The second-order valence-corrected chi connectivity index (χ2v) is 4.69. The van der Waals surface area contributed by atoms with Gasteiger partial charge in [0.25, 0.3) is 0 Å². The Labute approximate surface area is 115 Å². The normalized spacial score (nSPS) is 29.7. The van der Waals surface area contributed by atoms with E-state index in [2.05, 4.69) is 25.3 Å². The van der Waals surface area contributed by atoms with Gasteiger partial charge in [-0.3, -0.25) is 0 Å². The predicted molar refractivity (Wildman–Crippen MR) is 76.0 cm³/mol. The summed E-state index contributed by atoms with van der Waals surface area (Å²) in [7, 11) is 0. The smallest absolute Gasteiger partial charge is 0.103 e. The van der Waals surface area contributed by atoms with Gasteiger partial charge in [-0.05, 0) is 12.8 Å².